The molecule has 1 aromatic carbocycles. The molecule has 0 radical (unpaired) electrons. The summed E-state index contributed by atoms with van der Waals surface area (Å²) < 4.78 is 0.852. The van der Waals surface area contributed by atoms with E-state index in [1.54, 1.807) is 24.5 Å². The van der Waals surface area contributed by atoms with Crippen molar-refractivity contribution in [3.63, 3.8) is 0 Å². The second-order valence-corrected chi connectivity index (χ2v) is 7.14. The smallest absolute Gasteiger partial charge is 0.250 e. The largest absolute Gasteiger partial charge is 0.298 e. The highest BCUT2D eigenvalue weighted by molar-refractivity contribution is 7.98. The molecule has 0 unspecified atom stereocenters. The van der Waals surface area contributed by atoms with Crippen LogP contribution >= 0.6 is 46.3 Å². The number of thiazole rings is 1. The van der Waals surface area contributed by atoms with Gasteiger partial charge in [-0.25, -0.2) is 15.0 Å². The first kappa shape index (κ1) is 17.2. The minimum Gasteiger partial charge on any atom is -0.298 e. The minimum absolute atomic E-state index is 0.301. The number of benzene rings is 1. The van der Waals surface area contributed by atoms with Gasteiger partial charge in [0.25, 0.3) is 0 Å². The number of hydrogen-bond acceptors (Lipinski definition) is 6. The second kappa shape index (κ2) is 7.48. The summed E-state index contributed by atoms with van der Waals surface area (Å²) >= 11 is 14.9. The fourth-order valence-electron chi connectivity index (χ4n) is 1.83. The molecule has 0 aliphatic carbocycles. The average Bonchev–Trinajstić information content (AvgIpc) is 3.00. The summed E-state index contributed by atoms with van der Waals surface area (Å²) in [4.78, 5) is 24.6. The SMILES string of the molecule is CSc1ncc(/C=C/C(=O)Nc2nc3c(Cl)c(Cl)ccc3s2)cn1. The third kappa shape index (κ3) is 3.87. The van der Waals surface area contributed by atoms with Gasteiger partial charge in [0.1, 0.15) is 5.52 Å². The summed E-state index contributed by atoms with van der Waals surface area (Å²) in [6.45, 7) is 0. The van der Waals surface area contributed by atoms with Gasteiger partial charge >= 0.3 is 0 Å². The standard InChI is InChI=1S/C15H10Cl2N4OS2/c1-23-14-18-6-8(7-19-14)2-5-11(22)20-15-21-13-10(24-15)4-3-9(16)12(13)17/h2-7H,1H3,(H,20,21,22)/b5-2+. The van der Waals surface area contributed by atoms with Crippen molar-refractivity contribution in [3.8, 4) is 0 Å². The monoisotopic (exact) mass is 396 g/mol. The maximum absolute atomic E-state index is 12.0. The first-order chi connectivity index (χ1) is 11.6. The molecule has 3 aromatic rings. The van der Waals surface area contributed by atoms with Crippen LogP contribution in [0.5, 0.6) is 0 Å². The third-order valence-corrected chi connectivity index (χ3v) is 5.25. The Labute approximate surface area is 156 Å². The first-order valence-electron chi connectivity index (χ1n) is 6.66. The van der Waals surface area contributed by atoms with Crippen LogP contribution in [0.4, 0.5) is 5.13 Å². The lowest BCUT2D eigenvalue weighted by molar-refractivity contribution is -0.111. The van der Waals surface area contributed by atoms with Crippen molar-refractivity contribution >= 4 is 73.6 Å². The number of anilines is 1. The van der Waals surface area contributed by atoms with Crippen LogP contribution in [0, 0.1) is 0 Å². The quantitative estimate of drug-likeness (QED) is 0.390. The predicted molar refractivity (Wildman–Crippen MR) is 101 cm³/mol. The Bertz CT molecular complexity index is 925. The summed E-state index contributed by atoms with van der Waals surface area (Å²) in [5.74, 6) is -0.301. The van der Waals surface area contributed by atoms with Crippen LogP contribution in [0.25, 0.3) is 16.3 Å². The number of thioether (sulfide) groups is 1. The van der Waals surface area contributed by atoms with Gasteiger partial charge in [-0.15, -0.1) is 0 Å². The van der Waals surface area contributed by atoms with E-state index in [4.69, 9.17) is 23.2 Å². The molecule has 24 heavy (non-hydrogen) atoms. The van der Waals surface area contributed by atoms with Crippen LogP contribution in [0.15, 0.2) is 35.8 Å². The van der Waals surface area contributed by atoms with E-state index in [2.05, 4.69) is 20.3 Å². The molecular formula is C15H10Cl2N4OS2. The van der Waals surface area contributed by atoms with Crippen molar-refractivity contribution in [3.05, 3.63) is 46.2 Å². The van der Waals surface area contributed by atoms with Crippen molar-refractivity contribution in [2.75, 3.05) is 11.6 Å². The van der Waals surface area contributed by atoms with Gasteiger partial charge in [-0.1, -0.05) is 46.3 Å². The van der Waals surface area contributed by atoms with Gasteiger partial charge < -0.3 is 0 Å². The van der Waals surface area contributed by atoms with Gasteiger partial charge in [-0.05, 0) is 24.5 Å². The maximum Gasteiger partial charge on any atom is 0.250 e. The van der Waals surface area contributed by atoms with Crippen LogP contribution in [-0.2, 0) is 4.79 Å². The van der Waals surface area contributed by atoms with Crippen LogP contribution in [-0.4, -0.2) is 27.1 Å². The van der Waals surface area contributed by atoms with E-state index in [1.165, 1.54) is 29.2 Å². The van der Waals surface area contributed by atoms with Crippen molar-refractivity contribution in [2.24, 2.45) is 0 Å². The number of carbonyl (C=O) groups is 1. The molecule has 5 nitrogen and oxygen atoms in total. The Morgan fingerprint density at radius 1 is 1.29 bits per heavy atom. The fourth-order valence-corrected chi connectivity index (χ4v) is 3.44. The Balaban J connectivity index is 1.72. The Hall–Kier alpha value is -1.67. The molecule has 0 saturated carbocycles. The van der Waals surface area contributed by atoms with E-state index in [1.807, 2.05) is 12.3 Å². The molecule has 0 aliphatic rings. The number of carbonyl (C=O) groups excluding carboxylic acids is 1. The van der Waals surface area contributed by atoms with E-state index >= 15 is 0 Å². The number of amides is 1. The summed E-state index contributed by atoms with van der Waals surface area (Å²) in [5.41, 5.74) is 1.32. The molecule has 0 fully saturated rings. The molecule has 0 saturated heterocycles. The molecule has 0 atom stereocenters. The van der Waals surface area contributed by atoms with Gasteiger partial charge in [0.2, 0.25) is 5.91 Å². The summed E-state index contributed by atoms with van der Waals surface area (Å²) in [6, 6.07) is 3.52. The lowest BCUT2D eigenvalue weighted by Crippen LogP contribution is -2.07. The number of hydrogen-bond donors (Lipinski definition) is 1. The number of aromatic nitrogens is 3. The summed E-state index contributed by atoms with van der Waals surface area (Å²) in [5, 5.41) is 4.66. The molecule has 1 amide bonds. The van der Waals surface area contributed by atoms with E-state index in [0.29, 0.717) is 25.8 Å². The highest BCUT2D eigenvalue weighted by Gasteiger charge is 2.11. The van der Waals surface area contributed by atoms with E-state index in [-0.39, 0.29) is 5.91 Å². The average molecular weight is 397 g/mol. The molecule has 2 aromatic heterocycles. The first-order valence-corrected chi connectivity index (χ1v) is 9.46. The van der Waals surface area contributed by atoms with Crippen LogP contribution < -0.4 is 5.32 Å². The normalized spacial score (nSPS) is 11.3. The number of nitrogens with zero attached hydrogens (tertiary/aromatic N) is 3. The molecular weight excluding hydrogens is 387 g/mol. The molecule has 0 bridgehead atoms. The van der Waals surface area contributed by atoms with Crippen LogP contribution in [0.1, 0.15) is 5.56 Å². The maximum atomic E-state index is 12.0. The zero-order valence-corrected chi connectivity index (χ0v) is 15.4. The molecule has 1 N–H and O–H groups in total. The van der Waals surface area contributed by atoms with E-state index < -0.39 is 0 Å². The van der Waals surface area contributed by atoms with E-state index in [9.17, 15) is 4.79 Å². The van der Waals surface area contributed by atoms with Crippen molar-refractivity contribution in [1.82, 2.24) is 15.0 Å². The Kier molecular flexibility index (Phi) is 5.35. The fraction of sp³-hybridized carbons (Fsp3) is 0.0667. The van der Waals surface area contributed by atoms with Gasteiger partial charge in [-0.2, -0.15) is 0 Å². The van der Waals surface area contributed by atoms with Crippen molar-refractivity contribution in [2.45, 2.75) is 5.16 Å². The van der Waals surface area contributed by atoms with Gasteiger partial charge in [-0.3, -0.25) is 10.1 Å². The molecule has 2 heterocycles. The van der Waals surface area contributed by atoms with E-state index in [0.717, 1.165) is 10.3 Å². The predicted octanol–water partition coefficient (Wildman–Crippen LogP) is 4.77. The zero-order valence-electron chi connectivity index (χ0n) is 12.3. The Morgan fingerprint density at radius 3 is 2.75 bits per heavy atom. The van der Waals surface area contributed by atoms with Gasteiger partial charge in [0, 0.05) is 24.0 Å². The molecule has 3 rings (SSSR count). The number of rotatable bonds is 4. The molecule has 0 aliphatic heterocycles. The highest BCUT2D eigenvalue weighted by Crippen LogP contribution is 2.35. The zero-order chi connectivity index (χ0) is 17.1. The van der Waals surface area contributed by atoms with Crippen LogP contribution in [0.2, 0.25) is 10.0 Å². The number of fused-ring (bicyclic) bond motifs is 1. The van der Waals surface area contributed by atoms with Crippen LogP contribution in [0.3, 0.4) is 0 Å². The minimum atomic E-state index is -0.301. The molecule has 9 heteroatoms. The summed E-state index contributed by atoms with van der Waals surface area (Å²) in [6.07, 6.45) is 8.24. The third-order valence-electron chi connectivity index (χ3n) is 2.94. The molecule has 0 spiro atoms. The Morgan fingerprint density at radius 2 is 2.04 bits per heavy atom. The van der Waals surface area contributed by atoms with Gasteiger partial charge in [0.05, 0.1) is 14.7 Å². The second-order valence-electron chi connectivity index (χ2n) is 4.55. The topological polar surface area (TPSA) is 67.8 Å². The number of halogens is 2. The van der Waals surface area contributed by atoms with Crippen molar-refractivity contribution in [1.29, 1.82) is 0 Å². The van der Waals surface area contributed by atoms with Gasteiger partial charge in [0.15, 0.2) is 10.3 Å². The molecule has 122 valence electrons. The lowest BCUT2D eigenvalue weighted by Gasteiger charge is -1.97. The van der Waals surface area contributed by atoms with Crippen molar-refractivity contribution < 1.29 is 4.79 Å². The highest BCUT2D eigenvalue weighted by atomic mass is 35.5. The number of nitrogens with one attached hydrogen (secondary N) is 1. The summed E-state index contributed by atoms with van der Waals surface area (Å²) in [7, 11) is 0. The lowest BCUT2D eigenvalue weighted by atomic mass is 10.3.